The third kappa shape index (κ3) is 3.97. The quantitative estimate of drug-likeness (QED) is 0.840. The number of nitrogens with one attached hydrogen (secondary N) is 1. The smallest absolute Gasteiger partial charge is 0.237 e. The molecule has 0 aliphatic rings. The Hall–Kier alpha value is -1.55. The highest BCUT2D eigenvalue weighted by molar-refractivity contribution is 5.82. The molecule has 0 fully saturated rings. The van der Waals surface area contributed by atoms with Crippen LogP contribution in [0.5, 0.6) is 5.75 Å². The first kappa shape index (κ1) is 16.5. The number of hydrogen-bond donors (Lipinski definition) is 2. The van der Waals surface area contributed by atoms with Crippen LogP contribution in [0.15, 0.2) is 24.3 Å². The van der Waals surface area contributed by atoms with Crippen LogP contribution < -0.4 is 15.8 Å². The number of carbonyl (C=O) groups is 1. The van der Waals surface area contributed by atoms with Crippen LogP contribution in [-0.2, 0) is 10.3 Å². The molecule has 0 radical (unpaired) electrons. The molecule has 4 nitrogen and oxygen atoms in total. The zero-order valence-corrected chi connectivity index (χ0v) is 13.1. The van der Waals surface area contributed by atoms with Crippen LogP contribution >= 0.6 is 0 Å². The summed E-state index contributed by atoms with van der Waals surface area (Å²) in [7, 11) is 1.63. The maximum Gasteiger partial charge on any atom is 0.237 e. The highest BCUT2D eigenvalue weighted by Crippen LogP contribution is 2.23. The van der Waals surface area contributed by atoms with Crippen LogP contribution in [0.3, 0.4) is 0 Å². The molecule has 0 saturated heterocycles. The number of rotatable bonds is 6. The van der Waals surface area contributed by atoms with Crippen molar-refractivity contribution in [1.29, 1.82) is 0 Å². The van der Waals surface area contributed by atoms with Crippen LogP contribution in [0.1, 0.15) is 39.7 Å². The van der Waals surface area contributed by atoms with Crippen molar-refractivity contribution < 1.29 is 9.53 Å². The Balaban J connectivity index is 2.80. The standard InChI is InChI=1S/C16H26N2O2/c1-6-11(2)14(17)15(19)18-16(3,4)12-7-9-13(20-5)10-8-12/h7-11,14H,6,17H2,1-5H3,(H,18,19)/t11?,14-/m0/s1. The van der Waals surface area contributed by atoms with E-state index >= 15 is 0 Å². The number of nitrogens with two attached hydrogens (primary N) is 1. The number of methoxy groups -OCH3 is 1. The highest BCUT2D eigenvalue weighted by atomic mass is 16.5. The molecule has 0 aromatic heterocycles. The first-order valence-corrected chi connectivity index (χ1v) is 7.04. The van der Waals surface area contributed by atoms with Crippen molar-refractivity contribution in [1.82, 2.24) is 5.32 Å². The van der Waals surface area contributed by atoms with Gasteiger partial charge in [0.15, 0.2) is 0 Å². The molecule has 3 N–H and O–H groups in total. The van der Waals surface area contributed by atoms with Crippen LogP contribution in [-0.4, -0.2) is 19.1 Å². The van der Waals surface area contributed by atoms with Gasteiger partial charge < -0.3 is 15.8 Å². The van der Waals surface area contributed by atoms with Gasteiger partial charge >= 0.3 is 0 Å². The van der Waals surface area contributed by atoms with Gasteiger partial charge in [0.1, 0.15) is 5.75 Å². The summed E-state index contributed by atoms with van der Waals surface area (Å²) in [5, 5.41) is 3.02. The molecular formula is C16H26N2O2. The van der Waals surface area contributed by atoms with E-state index in [1.807, 2.05) is 52.0 Å². The molecule has 112 valence electrons. The monoisotopic (exact) mass is 278 g/mol. The number of amides is 1. The third-order valence-corrected chi connectivity index (χ3v) is 3.81. The SMILES string of the molecule is CCC(C)[C@H](N)C(=O)NC(C)(C)c1ccc(OC)cc1. The summed E-state index contributed by atoms with van der Waals surface area (Å²) in [4.78, 5) is 12.2. The number of benzene rings is 1. The molecule has 1 aromatic rings. The molecule has 0 heterocycles. The molecule has 0 saturated carbocycles. The van der Waals surface area contributed by atoms with Gasteiger partial charge in [-0.25, -0.2) is 0 Å². The van der Waals surface area contributed by atoms with Gasteiger partial charge in [-0.2, -0.15) is 0 Å². The minimum Gasteiger partial charge on any atom is -0.497 e. The summed E-state index contributed by atoms with van der Waals surface area (Å²) < 4.78 is 5.14. The molecular weight excluding hydrogens is 252 g/mol. The average Bonchev–Trinajstić information content (AvgIpc) is 2.45. The van der Waals surface area contributed by atoms with Gasteiger partial charge in [0.05, 0.1) is 18.7 Å². The molecule has 1 unspecified atom stereocenters. The van der Waals surface area contributed by atoms with Crippen molar-refractivity contribution in [3.63, 3.8) is 0 Å². The number of carbonyl (C=O) groups excluding carboxylic acids is 1. The Morgan fingerprint density at radius 3 is 2.35 bits per heavy atom. The third-order valence-electron chi connectivity index (χ3n) is 3.81. The van der Waals surface area contributed by atoms with Gasteiger partial charge in [-0.15, -0.1) is 0 Å². The normalized spacial score (nSPS) is 14.5. The summed E-state index contributed by atoms with van der Waals surface area (Å²) in [6, 6.07) is 7.20. The second-order valence-corrected chi connectivity index (χ2v) is 5.75. The Morgan fingerprint density at radius 1 is 1.35 bits per heavy atom. The predicted molar refractivity (Wildman–Crippen MR) is 81.6 cm³/mol. The molecule has 0 spiro atoms. The van der Waals surface area contributed by atoms with E-state index in [4.69, 9.17) is 10.5 Å². The Bertz CT molecular complexity index is 440. The van der Waals surface area contributed by atoms with E-state index in [9.17, 15) is 4.79 Å². The molecule has 0 aliphatic heterocycles. The molecule has 2 atom stereocenters. The van der Waals surface area contributed by atoms with E-state index in [-0.39, 0.29) is 11.8 Å². The fourth-order valence-electron chi connectivity index (χ4n) is 1.98. The maximum atomic E-state index is 12.2. The lowest BCUT2D eigenvalue weighted by Crippen LogP contribution is -2.51. The van der Waals surface area contributed by atoms with Crippen molar-refractivity contribution in [3.8, 4) is 5.75 Å². The second kappa shape index (κ2) is 6.75. The largest absolute Gasteiger partial charge is 0.497 e. The minimum atomic E-state index is -0.475. The van der Waals surface area contributed by atoms with E-state index in [0.717, 1.165) is 17.7 Å². The topological polar surface area (TPSA) is 64.4 Å². The lowest BCUT2D eigenvalue weighted by molar-refractivity contribution is -0.125. The molecule has 4 heteroatoms. The summed E-state index contributed by atoms with van der Waals surface area (Å²) in [5.74, 6) is 0.856. The van der Waals surface area contributed by atoms with Gasteiger partial charge in [-0.1, -0.05) is 32.4 Å². The zero-order valence-electron chi connectivity index (χ0n) is 13.1. The Kier molecular flexibility index (Phi) is 5.57. The van der Waals surface area contributed by atoms with E-state index < -0.39 is 11.6 Å². The summed E-state index contributed by atoms with van der Waals surface area (Å²) in [5.41, 5.74) is 6.52. The molecule has 0 bridgehead atoms. The van der Waals surface area contributed by atoms with Gasteiger partial charge in [-0.05, 0) is 37.5 Å². The van der Waals surface area contributed by atoms with Gasteiger partial charge in [0.2, 0.25) is 5.91 Å². The Morgan fingerprint density at radius 2 is 1.90 bits per heavy atom. The van der Waals surface area contributed by atoms with E-state index in [2.05, 4.69) is 5.32 Å². The highest BCUT2D eigenvalue weighted by Gasteiger charge is 2.27. The van der Waals surface area contributed by atoms with E-state index in [1.165, 1.54) is 0 Å². The first-order chi connectivity index (χ1) is 9.31. The molecule has 1 rings (SSSR count). The molecule has 1 aromatic carbocycles. The Labute approximate surface area is 121 Å². The van der Waals surface area contributed by atoms with Crippen molar-refractivity contribution in [2.24, 2.45) is 11.7 Å². The summed E-state index contributed by atoms with van der Waals surface area (Å²) in [6.45, 7) is 7.96. The number of hydrogen-bond acceptors (Lipinski definition) is 3. The first-order valence-electron chi connectivity index (χ1n) is 7.04. The number of ether oxygens (including phenoxy) is 1. The summed E-state index contributed by atoms with van der Waals surface area (Å²) in [6.07, 6.45) is 0.886. The predicted octanol–water partition coefficient (Wildman–Crippen LogP) is 2.42. The van der Waals surface area contributed by atoms with Crippen LogP contribution in [0.2, 0.25) is 0 Å². The van der Waals surface area contributed by atoms with Crippen molar-refractivity contribution in [2.75, 3.05) is 7.11 Å². The maximum absolute atomic E-state index is 12.2. The summed E-state index contributed by atoms with van der Waals surface area (Å²) >= 11 is 0. The van der Waals surface area contributed by atoms with Crippen LogP contribution in [0, 0.1) is 5.92 Å². The fraction of sp³-hybridized carbons (Fsp3) is 0.562. The lowest BCUT2D eigenvalue weighted by Gasteiger charge is -2.30. The molecule has 1 amide bonds. The van der Waals surface area contributed by atoms with Crippen molar-refractivity contribution >= 4 is 5.91 Å². The zero-order chi connectivity index (χ0) is 15.3. The average molecular weight is 278 g/mol. The molecule has 20 heavy (non-hydrogen) atoms. The van der Waals surface area contributed by atoms with Crippen molar-refractivity contribution in [3.05, 3.63) is 29.8 Å². The van der Waals surface area contributed by atoms with E-state index in [1.54, 1.807) is 7.11 Å². The van der Waals surface area contributed by atoms with Gasteiger partial charge in [-0.3, -0.25) is 4.79 Å². The second-order valence-electron chi connectivity index (χ2n) is 5.75. The fourth-order valence-corrected chi connectivity index (χ4v) is 1.98. The lowest BCUT2D eigenvalue weighted by atomic mass is 9.92. The van der Waals surface area contributed by atoms with E-state index in [0.29, 0.717) is 0 Å². The van der Waals surface area contributed by atoms with Gasteiger partial charge in [0.25, 0.3) is 0 Å². The minimum absolute atomic E-state index is 0.111. The van der Waals surface area contributed by atoms with Gasteiger partial charge in [0, 0.05) is 0 Å². The van der Waals surface area contributed by atoms with Crippen LogP contribution in [0.25, 0.3) is 0 Å². The molecule has 0 aliphatic carbocycles. The van der Waals surface area contributed by atoms with Crippen LogP contribution in [0.4, 0.5) is 0 Å². The van der Waals surface area contributed by atoms with Crippen molar-refractivity contribution in [2.45, 2.75) is 45.7 Å².